The van der Waals surface area contributed by atoms with Gasteiger partial charge < -0.3 is 9.64 Å². The van der Waals surface area contributed by atoms with Crippen LogP contribution in [0.3, 0.4) is 0 Å². The number of carbonyl (C=O) groups excluding carboxylic acids is 1. The molecule has 3 heterocycles. The van der Waals surface area contributed by atoms with Crippen LogP contribution in [-0.2, 0) is 11.4 Å². The van der Waals surface area contributed by atoms with Crippen molar-refractivity contribution >= 4 is 11.4 Å². The standard InChI is InChI=1S/C30H30N4O2/c1-4-8-27(35)33-17-6-5-11-26(33)30-32-28(29-22(3)31-16-18-34(29)30)24-14-12-23(13-15-24)20-36-25-10-7-9-21(2)19-25/h7,9-10,12-16,18-19,26H,5-6,11,17,20H2,1-3H3/t26-/m0/s1. The van der Waals surface area contributed by atoms with E-state index < -0.39 is 0 Å². The lowest BCUT2D eigenvalue weighted by Gasteiger charge is -2.33. The van der Waals surface area contributed by atoms with Crippen LogP contribution in [0.2, 0.25) is 0 Å². The van der Waals surface area contributed by atoms with Gasteiger partial charge >= 0.3 is 0 Å². The Kier molecular flexibility index (Phi) is 6.73. The van der Waals surface area contributed by atoms with Gasteiger partial charge in [-0.15, -0.1) is 0 Å². The highest BCUT2D eigenvalue weighted by molar-refractivity contribution is 5.93. The zero-order valence-electron chi connectivity index (χ0n) is 21.0. The maximum Gasteiger partial charge on any atom is 0.299 e. The van der Waals surface area contributed by atoms with E-state index in [2.05, 4.69) is 58.5 Å². The lowest BCUT2D eigenvalue weighted by molar-refractivity contribution is -0.129. The molecule has 1 aliphatic rings. The van der Waals surface area contributed by atoms with E-state index in [-0.39, 0.29) is 11.9 Å². The zero-order valence-corrected chi connectivity index (χ0v) is 21.0. The summed E-state index contributed by atoms with van der Waals surface area (Å²) in [6.45, 7) is 6.95. The first-order valence-corrected chi connectivity index (χ1v) is 12.4. The molecule has 5 rings (SSSR count). The van der Waals surface area contributed by atoms with Crippen LogP contribution in [0.5, 0.6) is 5.75 Å². The minimum absolute atomic E-state index is 0.114. The molecule has 0 bridgehead atoms. The number of ether oxygens (including phenoxy) is 1. The van der Waals surface area contributed by atoms with Crippen molar-refractivity contribution in [3.8, 4) is 28.8 Å². The fourth-order valence-corrected chi connectivity index (χ4v) is 4.91. The van der Waals surface area contributed by atoms with Gasteiger partial charge in [0.1, 0.15) is 18.2 Å². The Hall–Kier alpha value is -4.11. The lowest BCUT2D eigenvalue weighted by Crippen LogP contribution is -2.38. The minimum atomic E-state index is -0.135. The number of imidazole rings is 1. The number of aromatic nitrogens is 3. The molecule has 1 atom stereocenters. The summed E-state index contributed by atoms with van der Waals surface area (Å²) in [6.07, 6.45) is 6.64. The molecule has 1 amide bonds. The average molecular weight is 479 g/mol. The molecular weight excluding hydrogens is 448 g/mol. The van der Waals surface area contributed by atoms with E-state index in [0.29, 0.717) is 13.2 Å². The van der Waals surface area contributed by atoms with Crippen LogP contribution in [0, 0.1) is 25.7 Å². The fraction of sp³-hybridized carbons (Fsp3) is 0.300. The summed E-state index contributed by atoms with van der Waals surface area (Å²) in [6, 6.07) is 16.3. The molecule has 1 saturated heterocycles. The van der Waals surface area contributed by atoms with E-state index in [1.807, 2.05) is 36.2 Å². The molecule has 0 radical (unpaired) electrons. The van der Waals surface area contributed by atoms with Crippen molar-refractivity contribution in [3.05, 3.63) is 83.6 Å². The van der Waals surface area contributed by atoms with Crippen LogP contribution in [0.15, 0.2) is 60.9 Å². The molecule has 2 aromatic carbocycles. The number of aryl methyl sites for hydroxylation is 2. The van der Waals surface area contributed by atoms with Gasteiger partial charge in [0.15, 0.2) is 0 Å². The summed E-state index contributed by atoms with van der Waals surface area (Å²) in [4.78, 5) is 24.3. The van der Waals surface area contributed by atoms with Crippen LogP contribution in [0.25, 0.3) is 16.8 Å². The second-order valence-corrected chi connectivity index (χ2v) is 9.24. The summed E-state index contributed by atoms with van der Waals surface area (Å²) < 4.78 is 8.07. The minimum Gasteiger partial charge on any atom is -0.489 e. The van der Waals surface area contributed by atoms with Gasteiger partial charge in [-0.1, -0.05) is 42.3 Å². The average Bonchev–Trinajstić information content (AvgIpc) is 3.29. The van der Waals surface area contributed by atoms with Crippen molar-refractivity contribution in [1.82, 2.24) is 19.3 Å². The van der Waals surface area contributed by atoms with Crippen LogP contribution in [-0.4, -0.2) is 31.7 Å². The number of hydrogen-bond donors (Lipinski definition) is 0. The number of benzene rings is 2. The Balaban J connectivity index is 1.48. The third-order valence-corrected chi connectivity index (χ3v) is 6.68. The van der Waals surface area contributed by atoms with Crippen molar-refractivity contribution in [2.24, 2.45) is 0 Å². The number of amides is 1. The largest absolute Gasteiger partial charge is 0.489 e. The zero-order chi connectivity index (χ0) is 25.1. The molecule has 6 nitrogen and oxygen atoms in total. The van der Waals surface area contributed by atoms with Crippen LogP contribution in [0.4, 0.5) is 0 Å². The third-order valence-electron chi connectivity index (χ3n) is 6.68. The second kappa shape index (κ2) is 10.2. The maximum absolute atomic E-state index is 12.8. The van der Waals surface area contributed by atoms with Crippen molar-refractivity contribution < 1.29 is 9.53 Å². The van der Waals surface area contributed by atoms with Gasteiger partial charge in [-0.3, -0.25) is 14.2 Å². The van der Waals surface area contributed by atoms with Crippen LogP contribution in [0.1, 0.15) is 54.9 Å². The van der Waals surface area contributed by atoms with Crippen LogP contribution < -0.4 is 4.74 Å². The Bertz CT molecular complexity index is 1460. The normalized spacial score (nSPS) is 15.4. The van der Waals surface area contributed by atoms with Crippen molar-refractivity contribution in [2.75, 3.05) is 6.54 Å². The molecule has 36 heavy (non-hydrogen) atoms. The predicted molar refractivity (Wildman–Crippen MR) is 140 cm³/mol. The molecular formula is C30H30N4O2. The lowest BCUT2D eigenvalue weighted by atomic mass is 10.0. The summed E-state index contributed by atoms with van der Waals surface area (Å²) in [5, 5.41) is 0. The maximum atomic E-state index is 12.8. The van der Waals surface area contributed by atoms with Gasteiger partial charge in [0, 0.05) is 24.5 Å². The summed E-state index contributed by atoms with van der Waals surface area (Å²) >= 11 is 0. The Morgan fingerprint density at radius 3 is 2.75 bits per heavy atom. The van der Waals surface area contributed by atoms with E-state index in [0.717, 1.165) is 58.9 Å². The highest BCUT2D eigenvalue weighted by Gasteiger charge is 2.31. The number of piperidine rings is 1. The highest BCUT2D eigenvalue weighted by Crippen LogP contribution is 2.35. The molecule has 182 valence electrons. The molecule has 0 N–H and O–H groups in total. The van der Waals surface area contributed by atoms with Gasteiger partial charge in [-0.05, 0) is 69.2 Å². The molecule has 6 heteroatoms. The van der Waals surface area contributed by atoms with Crippen molar-refractivity contribution in [1.29, 1.82) is 0 Å². The van der Waals surface area contributed by atoms with Gasteiger partial charge in [-0.2, -0.15) is 0 Å². The number of fused-ring (bicyclic) bond motifs is 1. The Morgan fingerprint density at radius 2 is 1.97 bits per heavy atom. The number of nitrogens with zero attached hydrogens (tertiary/aromatic N) is 4. The third kappa shape index (κ3) is 4.70. The SMILES string of the molecule is CC#CC(=O)N1CCCC[C@H]1c1nc(-c2ccc(COc3cccc(C)c3)cc2)c2c(C)nccn12. The molecule has 4 aromatic rings. The Morgan fingerprint density at radius 1 is 1.14 bits per heavy atom. The number of carbonyl (C=O) groups is 1. The first kappa shape index (κ1) is 23.6. The number of hydrogen-bond acceptors (Lipinski definition) is 4. The van der Waals surface area contributed by atoms with E-state index in [9.17, 15) is 4.79 Å². The van der Waals surface area contributed by atoms with E-state index in [1.54, 1.807) is 13.1 Å². The number of likely N-dealkylation sites (tertiary alicyclic amines) is 1. The van der Waals surface area contributed by atoms with Gasteiger partial charge in [0.25, 0.3) is 5.91 Å². The van der Waals surface area contributed by atoms with Gasteiger partial charge in [0.2, 0.25) is 0 Å². The molecule has 0 aliphatic carbocycles. The number of rotatable bonds is 5. The smallest absolute Gasteiger partial charge is 0.299 e. The highest BCUT2D eigenvalue weighted by atomic mass is 16.5. The topological polar surface area (TPSA) is 59.7 Å². The quantitative estimate of drug-likeness (QED) is 0.347. The van der Waals surface area contributed by atoms with E-state index in [1.165, 1.54) is 5.56 Å². The molecule has 0 unspecified atom stereocenters. The molecule has 0 saturated carbocycles. The van der Waals surface area contributed by atoms with Crippen LogP contribution >= 0.6 is 0 Å². The molecule has 1 fully saturated rings. The first-order valence-electron chi connectivity index (χ1n) is 12.4. The van der Waals surface area contributed by atoms with E-state index >= 15 is 0 Å². The molecule has 0 spiro atoms. The fourth-order valence-electron chi connectivity index (χ4n) is 4.91. The summed E-state index contributed by atoms with van der Waals surface area (Å²) in [5.41, 5.74) is 6.02. The van der Waals surface area contributed by atoms with Crippen molar-refractivity contribution in [3.63, 3.8) is 0 Å². The first-order chi connectivity index (χ1) is 17.5. The summed E-state index contributed by atoms with van der Waals surface area (Å²) in [5.74, 6) is 7.07. The van der Waals surface area contributed by atoms with E-state index in [4.69, 9.17) is 9.72 Å². The second-order valence-electron chi connectivity index (χ2n) is 9.24. The Labute approximate surface area is 212 Å². The summed E-state index contributed by atoms with van der Waals surface area (Å²) in [7, 11) is 0. The molecule has 1 aliphatic heterocycles. The monoisotopic (exact) mass is 478 g/mol. The predicted octanol–water partition coefficient (Wildman–Crippen LogP) is 5.67. The van der Waals surface area contributed by atoms with Gasteiger partial charge in [0.05, 0.1) is 22.9 Å². The molecule has 2 aromatic heterocycles. The van der Waals surface area contributed by atoms with Crippen molar-refractivity contribution in [2.45, 2.75) is 52.7 Å². The van der Waals surface area contributed by atoms with Gasteiger partial charge in [-0.25, -0.2) is 4.98 Å².